The van der Waals surface area contributed by atoms with Crippen LogP contribution in [-0.2, 0) is 19.7 Å². The number of aliphatic carboxylic acids is 2. The van der Waals surface area contributed by atoms with Gasteiger partial charge in [-0.05, 0) is 12.8 Å². The Bertz CT molecular complexity index is 581. The molecule has 0 aromatic heterocycles. The third-order valence-corrected chi connectivity index (χ3v) is 6.14. The monoisotopic (exact) mass is 450 g/mol. The minimum atomic E-state index is -5.18. The van der Waals surface area contributed by atoms with Crippen LogP contribution in [0.5, 0.6) is 0 Å². The Kier molecular flexibility index (Phi) is 21.5. The fraction of sp³-hybridized carbons (Fsp3) is 0.789. The Morgan fingerprint density at radius 1 is 0.966 bits per heavy atom. The molecule has 0 bridgehead atoms. The summed E-state index contributed by atoms with van der Waals surface area (Å²) in [5.41, 5.74) is -2.30. The second-order valence-electron chi connectivity index (χ2n) is 7.08. The Morgan fingerprint density at radius 3 is 1.69 bits per heavy atom. The van der Waals surface area contributed by atoms with Gasteiger partial charge in [-0.3, -0.25) is 4.55 Å². The molecular weight excluding hydrogens is 418 g/mol. The van der Waals surface area contributed by atoms with Crippen LogP contribution in [0, 0.1) is 5.41 Å². The summed E-state index contributed by atoms with van der Waals surface area (Å²) in [6.07, 6.45) is 10.3. The van der Waals surface area contributed by atoms with Crippen molar-refractivity contribution >= 4 is 22.1 Å². The number of hydrogen-bond acceptors (Lipinski definition) is 6. The first-order chi connectivity index (χ1) is 12.6. The van der Waals surface area contributed by atoms with E-state index in [9.17, 15) is 32.8 Å². The minimum Gasteiger partial charge on any atom is -0.549 e. The van der Waals surface area contributed by atoms with Crippen LogP contribution >= 0.6 is 0 Å². The van der Waals surface area contributed by atoms with Crippen LogP contribution in [0.4, 0.5) is 0 Å². The fourth-order valence-electron chi connectivity index (χ4n) is 3.45. The van der Waals surface area contributed by atoms with E-state index in [-0.39, 0.29) is 65.5 Å². The first kappa shape index (κ1) is 34.2. The van der Waals surface area contributed by atoms with Gasteiger partial charge in [0.2, 0.25) is 0 Å². The van der Waals surface area contributed by atoms with Crippen molar-refractivity contribution in [3.05, 3.63) is 12.7 Å². The quantitative estimate of drug-likeness (QED) is 0.102. The topological polar surface area (TPSA) is 135 Å². The fourth-order valence-corrected chi connectivity index (χ4v) is 4.57. The molecule has 0 radical (unpaired) electrons. The van der Waals surface area contributed by atoms with E-state index in [0.29, 0.717) is 12.8 Å². The van der Waals surface area contributed by atoms with Crippen LogP contribution in [0.2, 0.25) is 0 Å². The molecule has 0 aliphatic rings. The van der Waals surface area contributed by atoms with Crippen LogP contribution < -0.4 is 69.3 Å². The van der Waals surface area contributed by atoms with Crippen molar-refractivity contribution < 1.29 is 91.9 Å². The molecule has 0 rings (SSSR count). The Labute approximate surface area is 219 Å². The van der Waals surface area contributed by atoms with Crippen LogP contribution in [0.1, 0.15) is 84.0 Å². The minimum absolute atomic E-state index is 0. The second kappa shape index (κ2) is 18.2. The smallest absolute Gasteiger partial charge is 0.549 e. The molecule has 0 aromatic rings. The van der Waals surface area contributed by atoms with Crippen LogP contribution in [-0.4, -0.2) is 30.2 Å². The summed E-state index contributed by atoms with van der Waals surface area (Å²) in [6, 6.07) is 0. The molecule has 1 N–H and O–H groups in total. The molecule has 0 saturated carbocycles. The second-order valence-corrected chi connectivity index (χ2v) is 8.58. The SMILES string of the molecule is C=CCC(CCCCCCCCCCCC)(C(=O)[O-])C(C(=O)[O-])S(=O)(=O)O.[Na+].[Na+]. The number of allylic oxidation sites excluding steroid dienone is 1. The van der Waals surface area contributed by atoms with Gasteiger partial charge in [0.15, 0.2) is 0 Å². The van der Waals surface area contributed by atoms with Crippen LogP contribution in [0.3, 0.4) is 0 Å². The van der Waals surface area contributed by atoms with Gasteiger partial charge in [0.25, 0.3) is 10.1 Å². The average Bonchev–Trinajstić information content (AvgIpc) is 2.54. The van der Waals surface area contributed by atoms with E-state index in [4.69, 9.17) is 0 Å². The van der Waals surface area contributed by atoms with Crippen molar-refractivity contribution in [2.45, 2.75) is 89.2 Å². The van der Waals surface area contributed by atoms with Gasteiger partial charge < -0.3 is 19.8 Å². The molecular formula is C19H32Na2O7S. The van der Waals surface area contributed by atoms with E-state index < -0.39 is 39.1 Å². The van der Waals surface area contributed by atoms with Gasteiger partial charge in [0.05, 0.1) is 5.97 Å². The number of carboxylic acids is 2. The van der Waals surface area contributed by atoms with Crippen LogP contribution in [0.25, 0.3) is 0 Å². The normalized spacial score (nSPS) is 14.0. The maximum Gasteiger partial charge on any atom is 1.00 e. The van der Waals surface area contributed by atoms with Crippen molar-refractivity contribution in [3.63, 3.8) is 0 Å². The summed E-state index contributed by atoms with van der Waals surface area (Å²) in [7, 11) is -5.18. The molecule has 0 aliphatic carbocycles. The average molecular weight is 451 g/mol. The van der Waals surface area contributed by atoms with Gasteiger partial charge in [-0.15, -0.1) is 6.58 Å². The third kappa shape index (κ3) is 12.9. The van der Waals surface area contributed by atoms with Crippen LogP contribution in [0.15, 0.2) is 12.7 Å². The maximum absolute atomic E-state index is 11.7. The number of rotatable bonds is 17. The number of unbranched alkanes of at least 4 members (excludes halogenated alkanes) is 9. The molecule has 0 amide bonds. The standard InChI is InChI=1S/C19H34O7S.2Na/c1-3-5-6-7-8-9-10-11-12-13-15-19(14-4-2,18(22)23)16(17(20)21)27(24,25)26;;/h4,16H,2-3,5-15H2,1H3,(H,20,21)(H,22,23)(H,24,25,26);;/q;2*+1/p-2. The molecule has 7 nitrogen and oxygen atoms in total. The number of hydrogen-bond donors (Lipinski definition) is 1. The molecule has 10 heteroatoms. The number of carbonyl (C=O) groups is 2. The summed E-state index contributed by atoms with van der Waals surface area (Å²) < 4.78 is 32.2. The number of carboxylic acid groups (broad SMARTS) is 2. The predicted molar refractivity (Wildman–Crippen MR) is 99.1 cm³/mol. The molecule has 2 atom stereocenters. The summed E-state index contributed by atoms with van der Waals surface area (Å²) in [4.78, 5) is 22.9. The van der Waals surface area contributed by atoms with Crippen molar-refractivity contribution in [1.29, 1.82) is 0 Å². The van der Waals surface area contributed by atoms with E-state index in [1.807, 2.05) is 0 Å². The zero-order valence-corrected chi connectivity index (χ0v) is 23.0. The van der Waals surface area contributed by atoms with E-state index in [1.165, 1.54) is 25.7 Å². The van der Waals surface area contributed by atoms with E-state index >= 15 is 0 Å². The Hall–Kier alpha value is 0.590. The zero-order chi connectivity index (χ0) is 20.9. The maximum atomic E-state index is 11.7. The van der Waals surface area contributed by atoms with E-state index in [0.717, 1.165) is 31.8 Å². The van der Waals surface area contributed by atoms with E-state index in [1.54, 1.807) is 0 Å². The van der Waals surface area contributed by atoms with Gasteiger partial charge >= 0.3 is 59.1 Å². The van der Waals surface area contributed by atoms with Gasteiger partial charge in [-0.25, -0.2) is 0 Å². The van der Waals surface area contributed by atoms with Crippen molar-refractivity contribution in [3.8, 4) is 0 Å². The van der Waals surface area contributed by atoms with Gasteiger partial charge in [0.1, 0.15) is 5.25 Å². The first-order valence-electron chi connectivity index (χ1n) is 9.63. The van der Waals surface area contributed by atoms with Crippen molar-refractivity contribution in [2.24, 2.45) is 5.41 Å². The molecule has 0 aromatic carbocycles. The summed E-state index contributed by atoms with van der Waals surface area (Å²) in [6.45, 7) is 5.53. The van der Waals surface area contributed by atoms with Gasteiger partial charge in [0, 0.05) is 11.4 Å². The van der Waals surface area contributed by atoms with Crippen molar-refractivity contribution in [2.75, 3.05) is 0 Å². The number of carbonyl (C=O) groups excluding carboxylic acids is 2. The summed E-state index contributed by atoms with van der Waals surface area (Å²) >= 11 is 0. The van der Waals surface area contributed by atoms with Gasteiger partial charge in [-0.2, -0.15) is 8.42 Å². The van der Waals surface area contributed by atoms with Gasteiger partial charge in [-0.1, -0.05) is 77.2 Å². The molecule has 0 fully saturated rings. The Morgan fingerprint density at radius 2 is 1.38 bits per heavy atom. The molecule has 0 aliphatic heterocycles. The zero-order valence-electron chi connectivity index (χ0n) is 18.2. The molecule has 0 heterocycles. The van der Waals surface area contributed by atoms with E-state index in [2.05, 4.69) is 13.5 Å². The molecule has 2 unspecified atom stereocenters. The third-order valence-electron chi connectivity index (χ3n) is 4.91. The molecule has 0 saturated heterocycles. The Balaban J connectivity index is -0.00000338. The molecule has 29 heavy (non-hydrogen) atoms. The molecule has 0 spiro atoms. The predicted octanol–water partition coefficient (Wildman–Crippen LogP) is -4.38. The first-order valence-corrected chi connectivity index (χ1v) is 11.1. The summed E-state index contributed by atoms with van der Waals surface area (Å²) in [5.74, 6) is -4.00. The summed E-state index contributed by atoms with van der Waals surface area (Å²) in [5, 5.41) is 20.4. The molecule has 158 valence electrons. The largest absolute Gasteiger partial charge is 1.00 e. The van der Waals surface area contributed by atoms with Crippen molar-refractivity contribution in [1.82, 2.24) is 0 Å².